The van der Waals surface area contributed by atoms with E-state index in [4.69, 9.17) is 0 Å². The first-order valence-corrected chi connectivity index (χ1v) is 8.69. The highest BCUT2D eigenvalue weighted by Gasteiger charge is 2.18. The summed E-state index contributed by atoms with van der Waals surface area (Å²) in [6, 6.07) is 5.02. The van der Waals surface area contributed by atoms with Crippen molar-refractivity contribution in [2.75, 3.05) is 20.1 Å². The minimum Gasteiger partial charge on any atom is -0.311 e. The Balaban J connectivity index is 1.45. The van der Waals surface area contributed by atoms with Crippen molar-refractivity contribution in [3.8, 4) is 10.6 Å². The zero-order chi connectivity index (χ0) is 14.5. The Hall–Kier alpha value is -1.17. The van der Waals surface area contributed by atoms with E-state index < -0.39 is 0 Å². The lowest BCUT2D eigenvalue weighted by Crippen LogP contribution is -2.35. The summed E-state index contributed by atoms with van der Waals surface area (Å²) in [4.78, 5) is 3.77. The molecule has 0 saturated heterocycles. The van der Waals surface area contributed by atoms with E-state index in [1.54, 1.807) is 11.3 Å². The lowest BCUT2D eigenvalue weighted by atomic mass is 10.2. The number of hydrogen-bond donors (Lipinski definition) is 2. The highest BCUT2D eigenvalue weighted by atomic mass is 32.1. The van der Waals surface area contributed by atoms with Gasteiger partial charge in [0.05, 0.1) is 16.8 Å². The maximum Gasteiger partial charge on any atom is 0.0794 e. The fraction of sp³-hybridized carbons (Fsp3) is 0.562. The highest BCUT2D eigenvalue weighted by Crippen LogP contribution is 2.25. The minimum atomic E-state index is 0.808. The van der Waals surface area contributed by atoms with Gasteiger partial charge < -0.3 is 10.2 Å². The predicted molar refractivity (Wildman–Crippen MR) is 88.5 cm³/mol. The van der Waals surface area contributed by atoms with E-state index in [9.17, 15) is 0 Å². The number of aromatic amines is 1. The standard InChI is InChI=1S/C16H24N4S/c1-20(14-5-2-3-6-14)9-8-17-11-13-12-18-19-16(13)15-7-4-10-21-15/h4,7,10,12,14,17H,2-3,5-6,8-9,11H2,1H3,(H,18,19). The van der Waals surface area contributed by atoms with Crippen LogP contribution in [-0.2, 0) is 6.54 Å². The van der Waals surface area contributed by atoms with Crippen LogP contribution < -0.4 is 5.32 Å². The Kier molecular flexibility index (Phi) is 5.06. The lowest BCUT2D eigenvalue weighted by Gasteiger charge is -2.23. The average molecular weight is 304 g/mol. The molecular formula is C16H24N4S. The molecule has 0 aliphatic heterocycles. The van der Waals surface area contributed by atoms with E-state index in [0.717, 1.165) is 31.4 Å². The quantitative estimate of drug-likeness (QED) is 0.773. The van der Waals surface area contributed by atoms with Gasteiger partial charge in [0.1, 0.15) is 0 Å². The molecule has 0 aromatic carbocycles. The van der Waals surface area contributed by atoms with Crippen molar-refractivity contribution in [2.24, 2.45) is 0 Å². The van der Waals surface area contributed by atoms with E-state index in [1.165, 1.54) is 36.1 Å². The molecule has 0 spiro atoms. The summed E-state index contributed by atoms with van der Waals surface area (Å²) in [5, 5.41) is 12.9. The number of nitrogens with zero attached hydrogens (tertiary/aromatic N) is 2. The van der Waals surface area contributed by atoms with Crippen LogP contribution in [0.2, 0.25) is 0 Å². The first kappa shape index (κ1) is 14.8. The first-order valence-electron chi connectivity index (χ1n) is 7.81. The second kappa shape index (κ2) is 7.20. The SMILES string of the molecule is CN(CCNCc1cn[nH]c1-c1cccs1)C1CCCC1. The fourth-order valence-corrected chi connectivity index (χ4v) is 3.84. The molecule has 2 N–H and O–H groups in total. The third-order valence-corrected chi connectivity index (χ3v) is 5.28. The van der Waals surface area contributed by atoms with Crippen LogP contribution in [0.3, 0.4) is 0 Å². The number of thiophene rings is 1. The van der Waals surface area contributed by atoms with Gasteiger partial charge in [-0.15, -0.1) is 11.3 Å². The molecule has 1 aliphatic carbocycles. The van der Waals surface area contributed by atoms with Crippen molar-refractivity contribution in [1.29, 1.82) is 0 Å². The molecule has 0 atom stereocenters. The van der Waals surface area contributed by atoms with Gasteiger partial charge in [-0.3, -0.25) is 5.10 Å². The van der Waals surface area contributed by atoms with Crippen molar-refractivity contribution in [1.82, 2.24) is 20.4 Å². The van der Waals surface area contributed by atoms with Crippen LogP contribution in [0.4, 0.5) is 0 Å². The molecule has 21 heavy (non-hydrogen) atoms. The summed E-state index contributed by atoms with van der Waals surface area (Å²) in [6.45, 7) is 3.03. The molecule has 114 valence electrons. The number of aromatic nitrogens is 2. The highest BCUT2D eigenvalue weighted by molar-refractivity contribution is 7.13. The van der Waals surface area contributed by atoms with Gasteiger partial charge in [0.25, 0.3) is 0 Å². The van der Waals surface area contributed by atoms with E-state index in [0.29, 0.717) is 0 Å². The van der Waals surface area contributed by atoms with Gasteiger partial charge in [-0.05, 0) is 31.3 Å². The number of likely N-dealkylation sites (N-methyl/N-ethyl adjacent to an activating group) is 1. The third-order valence-electron chi connectivity index (χ3n) is 4.39. The molecule has 2 heterocycles. The van der Waals surface area contributed by atoms with Gasteiger partial charge in [-0.2, -0.15) is 5.10 Å². The average Bonchev–Trinajstić information content (AvgIpc) is 3.25. The van der Waals surface area contributed by atoms with Gasteiger partial charge in [0.15, 0.2) is 0 Å². The second-order valence-corrected chi connectivity index (χ2v) is 6.79. The minimum absolute atomic E-state index is 0.808. The maximum absolute atomic E-state index is 4.19. The van der Waals surface area contributed by atoms with Crippen molar-refractivity contribution < 1.29 is 0 Å². The van der Waals surface area contributed by atoms with Crippen molar-refractivity contribution in [3.05, 3.63) is 29.3 Å². The van der Waals surface area contributed by atoms with Crippen LogP contribution in [-0.4, -0.2) is 41.3 Å². The van der Waals surface area contributed by atoms with Crippen LogP contribution in [0.5, 0.6) is 0 Å². The molecule has 0 amide bonds. The molecule has 1 fully saturated rings. The van der Waals surface area contributed by atoms with Crippen LogP contribution in [0.15, 0.2) is 23.7 Å². The van der Waals surface area contributed by atoms with E-state index in [-0.39, 0.29) is 0 Å². The monoisotopic (exact) mass is 304 g/mol. The van der Waals surface area contributed by atoms with Gasteiger partial charge in [-0.25, -0.2) is 0 Å². The maximum atomic E-state index is 4.19. The number of rotatable bonds is 7. The lowest BCUT2D eigenvalue weighted by molar-refractivity contribution is 0.245. The number of nitrogens with one attached hydrogen (secondary N) is 2. The summed E-state index contributed by atoms with van der Waals surface area (Å²) in [5.41, 5.74) is 2.41. The Bertz CT molecular complexity index is 528. The van der Waals surface area contributed by atoms with E-state index in [2.05, 4.69) is 45.0 Å². The van der Waals surface area contributed by atoms with Crippen molar-refractivity contribution >= 4 is 11.3 Å². The van der Waals surface area contributed by atoms with Crippen LogP contribution in [0.25, 0.3) is 10.6 Å². The largest absolute Gasteiger partial charge is 0.311 e. The molecule has 0 unspecified atom stereocenters. The van der Waals surface area contributed by atoms with Gasteiger partial charge in [0, 0.05) is 31.2 Å². The zero-order valence-electron chi connectivity index (χ0n) is 12.6. The summed E-state index contributed by atoms with van der Waals surface area (Å²) >= 11 is 1.75. The van der Waals surface area contributed by atoms with Gasteiger partial charge in [-0.1, -0.05) is 18.9 Å². The Morgan fingerprint density at radius 2 is 2.29 bits per heavy atom. The Morgan fingerprint density at radius 3 is 3.05 bits per heavy atom. The molecule has 1 saturated carbocycles. The molecule has 4 nitrogen and oxygen atoms in total. The van der Waals surface area contributed by atoms with Crippen LogP contribution >= 0.6 is 11.3 Å². The summed E-state index contributed by atoms with van der Waals surface area (Å²) in [7, 11) is 2.26. The summed E-state index contributed by atoms with van der Waals surface area (Å²) < 4.78 is 0. The van der Waals surface area contributed by atoms with Crippen LogP contribution in [0, 0.1) is 0 Å². The molecule has 2 aromatic rings. The molecule has 0 radical (unpaired) electrons. The smallest absolute Gasteiger partial charge is 0.0794 e. The third kappa shape index (κ3) is 3.73. The summed E-state index contributed by atoms with van der Waals surface area (Å²) in [5.74, 6) is 0. The van der Waals surface area contributed by atoms with Crippen LogP contribution in [0.1, 0.15) is 31.2 Å². The number of H-pyrrole nitrogens is 1. The topological polar surface area (TPSA) is 44.0 Å². The summed E-state index contributed by atoms with van der Waals surface area (Å²) in [6.07, 6.45) is 7.49. The van der Waals surface area contributed by atoms with E-state index in [1.807, 2.05) is 6.20 Å². The second-order valence-electron chi connectivity index (χ2n) is 5.84. The molecule has 0 bridgehead atoms. The van der Waals surface area contributed by atoms with Gasteiger partial charge in [0.2, 0.25) is 0 Å². The Morgan fingerprint density at radius 1 is 1.43 bits per heavy atom. The van der Waals surface area contributed by atoms with Gasteiger partial charge >= 0.3 is 0 Å². The fourth-order valence-electron chi connectivity index (χ4n) is 3.09. The molecule has 3 rings (SSSR count). The van der Waals surface area contributed by atoms with Crippen molar-refractivity contribution in [2.45, 2.75) is 38.3 Å². The normalized spacial score (nSPS) is 16.1. The van der Waals surface area contributed by atoms with E-state index >= 15 is 0 Å². The molecular weight excluding hydrogens is 280 g/mol. The Labute approximate surface area is 130 Å². The number of hydrogen-bond acceptors (Lipinski definition) is 4. The van der Waals surface area contributed by atoms with Crippen molar-refractivity contribution in [3.63, 3.8) is 0 Å². The zero-order valence-corrected chi connectivity index (χ0v) is 13.5. The molecule has 1 aliphatic rings. The predicted octanol–water partition coefficient (Wildman–Crippen LogP) is 3.10. The first-order chi connectivity index (χ1) is 10.3. The molecule has 2 aromatic heterocycles. The molecule has 5 heteroatoms.